The molecule has 2 aliphatic heterocycles. The van der Waals surface area contributed by atoms with Crippen molar-refractivity contribution in [2.45, 2.75) is 19.1 Å². The Kier molecular flexibility index (Phi) is 4.06. The Bertz CT molecular complexity index is 830. The Labute approximate surface area is 147 Å². The summed E-state index contributed by atoms with van der Waals surface area (Å²) in [5.74, 6) is -0.0496. The lowest BCUT2D eigenvalue weighted by atomic mass is 10.0. The van der Waals surface area contributed by atoms with Gasteiger partial charge >= 0.3 is 6.18 Å². The Morgan fingerprint density at radius 2 is 2.00 bits per heavy atom. The molecule has 0 saturated carbocycles. The summed E-state index contributed by atoms with van der Waals surface area (Å²) in [5.41, 5.74) is 0.437. The first-order valence-corrected chi connectivity index (χ1v) is 8.05. The van der Waals surface area contributed by atoms with Gasteiger partial charge in [0.05, 0.1) is 25.9 Å². The number of hydrogen-bond donors (Lipinski definition) is 2. The van der Waals surface area contributed by atoms with E-state index < -0.39 is 11.7 Å². The molecule has 26 heavy (non-hydrogen) atoms. The molecule has 1 saturated heterocycles. The van der Waals surface area contributed by atoms with Gasteiger partial charge in [0, 0.05) is 18.3 Å². The zero-order valence-electron chi connectivity index (χ0n) is 13.8. The Balaban J connectivity index is 1.80. The van der Waals surface area contributed by atoms with E-state index in [1.165, 1.54) is 0 Å². The summed E-state index contributed by atoms with van der Waals surface area (Å²) >= 11 is 0. The number of anilines is 3. The maximum Gasteiger partial charge on any atom is 0.421 e. The van der Waals surface area contributed by atoms with Crippen LogP contribution in [0.1, 0.15) is 11.1 Å². The number of aryl methyl sites for hydroxylation is 1. The van der Waals surface area contributed by atoms with Gasteiger partial charge in [0.15, 0.2) is 0 Å². The lowest BCUT2D eigenvalue weighted by Crippen LogP contribution is -2.33. The van der Waals surface area contributed by atoms with Gasteiger partial charge in [-0.15, -0.1) is 0 Å². The summed E-state index contributed by atoms with van der Waals surface area (Å²) in [6.07, 6.45) is -2.15. The Hall–Kier alpha value is -2.62. The van der Waals surface area contributed by atoms with E-state index in [2.05, 4.69) is 25.6 Å². The molecule has 0 radical (unpaired) electrons. The van der Waals surface area contributed by atoms with Crippen LogP contribution >= 0.6 is 0 Å². The highest BCUT2D eigenvalue weighted by atomic mass is 19.4. The molecule has 0 aromatic carbocycles. The summed E-state index contributed by atoms with van der Waals surface area (Å²) in [6, 6.07) is 1.42. The highest BCUT2D eigenvalue weighted by molar-refractivity contribution is 5.62. The van der Waals surface area contributed by atoms with Crippen LogP contribution in [0.4, 0.5) is 30.6 Å². The normalized spacial score (nSPS) is 22.2. The van der Waals surface area contributed by atoms with Crippen molar-refractivity contribution >= 4 is 17.5 Å². The summed E-state index contributed by atoms with van der Waals surface area (Å²) in [6.45, 7) is 2.76. The van der Waals surface area contributed by atoms with Crippen LogP contribution in [0.3, 0.4) is 0 Å². The number of alkyl halides is 3. The fraction of sp³-hybridized carbons (Fsp3) is 0.438. The average Bonchev–Trinajstić information content (AvgIpc) is 2.99. The topological polar surface area (TPSA) is 81.2 Å². The van der Waals surface area contributed by atoms with Crippen LogP contribution < -0.4 is 15.4 Å². The molecule has 0 amide bonds. The number of aromatic nitrogens is 3. The molecule has 7 nitrogen and oxygen atoms in total. The second kappa shape index (κ2) is 6.27. The predicted octanol–water partition coefficient (Wildman–Crippen LogP) is 2.76. The zero-order valence-corrected chi connectivity index (χ0v) is 13.8. The third kappa shape index (κ3) is 3.24. The highest BCUT2D eigenvalue weighted by Gasteiger charge is 2.38. The summed E-state index contributed by atoms with van der Waals surface area (Å²) in [7, 11) is 0. The molecule has 2 aromatic rings. The number of fused-ring (bicyclic) bond motifs is 4. The van der Waals surface area contributed by atoms with Crippen LogP contribution in [0, 0.1) is 12.8 Å². The van der Waals surface area contributed by atoms with E-state index in [0.717, 1.165) is 11.8 Å². The van der Waals surface area contributed by atoms with Crippen molar-refractivity contribution in [3.63, 3.8) is 0 Å². The number of halogens is 3. The summed E-state index contributed by atoms with van der Waals surface area (Å²) < 4.78 is 51.2. The van der Waals surface area contributed by atoms with Gasteiger partial charge in [-0.1, -0.05) is 0 Å². The number of hydrogen-bond acceptors (Lipinski definition) is 7. The first-order valence-electron chi connectivity index (χ1n) is 8.05. The number of rotatable bonds is 0. The van der Waals surface area contributed by atoms with E-state index in [9.17, 15) is 13.2 Å². The fourth-order valence-corrected chi connectivity index (χ4v) is 2.93. The van der Waals surface area contributed by atoms with Crippen molar-refractivity contribution in [2.24, 2.45) is 5.92 Å². The standard InChI is InChI=1S/C16H16F3N5O2/c1-8-2-11-14(20-3-8)26-6-9-5-25-7-12(9)22-13-10(16(17,18)19)4-21-15(23-11)24-13/h2-4,9,12H,5-7H2,1H3,(H2,21,22,23,24)/t9-,12+/m0/s1. The zero-order chi connectivity index (χ0) is 18.3. The molecule has 2 aliphatic rings. The summed E-state index contributed by atoms with van der Waals surface area (Å²) in [4.78, 5) is 12.1. The van der Waals surface area contributed by atoms with Gasteiger partial charge in [-0.2, -0.15) is 18.2 Å². The van der Waals surface area contributed by atoms with Gasteiger partial charge < -0.3 is 20.1 Å². The van der Waals surface area contributed by atoms with Gasteiger partial charge in [0.25, 0.3) is 0 Å². The minimum absolute atomic E-state index is 0.0233. The monoisotopic (exact) mass is 367 g/mol. The third-order valence-electron chi connectivity index (χ3n) is 4.28. The van der Waals surface area contributed by atoms with Crippen molar-refractivity contribution in [1.29, 1.82) is 0 Å². The second-order valence-electron chi connectivity index (χ2n) is 6.30. The van der Waals surface area contributed by atoms with Crippen LogP contribution in [0.5, 0.6) is 5.88 Å². The number of pyridine rings is 1. The van der Waals surface area contributed by atoms with E-state index in [1.54, 1.807) is 12.3 Å². The van der Waals surface area contributed by atoms with E-state index in [1.807, 2.05) is 6.92 Å². The molecule has 2 aromatic heterocycles. The van der Waals surface area contributed by atoms with Crippen molar-refractivity contribution in [3.8, 4) is 5.88 Å². The van der Waals surface area contributed by atoms with Crippen molar-refractivity contribution < 1.29 is 22.6 Å². The Morgan fingerprint density at radius 3 is 2.81 bits per heavy atom. The molecular formula is C16H16F3N5O2. The number of nitrogens with one attached hydrogen (secondary N) is 2. The fourth-order valence-electron chi connectivity index (χ4n) is 2.93. The largest absolute Gasteiger partial charge is 0.476 e. The molecule has 10 heteroatoms. The van der Waals surface area contributed by atoms with Gasteiger partial charge in [0.1, 0.15) is 17.1 Å². The predicted molar refractivity (Wildman–Crippen MR) is 86.5 cm³/mol. The van der Waals surface area contributed by atoms with Gasteiger partial charge in [0.2, 0.25) is 11.8 Å². The van der Waals surface area contributed by atoms with Gasteiger partial charge in [-0.3, -0.25) is 0 Å². The van der Waals surface area contributed by atoms with E-state index in [-0.39, 0.29) is 36.9 Å². The van der Waals surface area contributed by atoms with Crippen molar-refractivity contribution in [2.75, 3.05) is 30.5 Å². The molecule has 4 heterocycles. The first kappa shape index (κ1) is 16.8. The van der Waals surface area contributed by atoms with E-state index >= 15 is 0 Å². The summed E-state index contributed by atoms with van der Waals surface area (Å²) in [5, 5.41) is 5.75. The minimum atomic E-state index is -4.57. The SMILES string of the molecule is Cc1cnc2c(c1)Nc1ncc(C(F)(F)F)c(n1)N[C@@H]1COC[C@H]1CO2. The van der Waals surface area contributed by atoms with Crippen LogP contribution in [-0.4, -0.2) is 40.8 Å². The molecule has 4 rings (SSSR count). The Morgan fingerprint density at radius 1 is 1.15 bits per heavy atom. The maximum absolute atomic E-state index is 13.3. The molecule has 2 atom stereocenters. The third-order valence-corrected chi connectivity index (χ3v) is 4.28. The molecule has 1 fully saturated rings. The maximum atomic E-state index is 13.3. The van der Waals surface area contributed by atoms with Crippen LogP contribution in [0.2, 0.25) is 0 Å². The van der Waals surface area contributed by atoms with Gasteiger partial charge in [-0.05, 0) is 18.6 Å². The number of ether oxygens (including phenoxy) is 2. The molecule has 138 valence electrons. The smallest absolute Gasteiger partial charge is 0.421 e. The average molecular weight is 367 g/mol. The quantitative estimate of drug-likeness (QED) is 0.741. The van der Waals surface area contributed by atoms with Crippen LogP contribution in [-0.2, 0) is 10.9 Å². The number of nitrogens with zero attached hydrogens (tertiary/aromatic N) is 3. The van der Waals surface area contributed by atoms with E-state index in [0.29, 0.717) is 18.2 Å². The molecule has 2 N–H and O–H groups in total. The lowest BCUT2D eigenvalue weighted by Gasteiger charge is -2.21. The van der Waals surface area contributed by atoms with Crippen molar-refractivity contribution in [1.82, 2.24) is 15.0 Å². The lowest BCUT2D eigenvalue weighted by molar-refractivity contribution is -0.137. The molecule has 0 spiro atoms. The molecule has 0 unspecified atom stereocenters. The molecular weight excluding hydrogens is 351 g/mol. The molecule has 2 bridgehead atoms. The van der Waals surface area contributed by atoms with Gasteiger partial charge in [-0.25, -0.2) is 9.97 Å². The molecule has 0 aliphatic carbocycles. The first-order chi connectivity index (χ1) is 12.4. The van der Waals surface area contributed by atoms with Crippen LogP contribution in [0.25, 0.3) is 0 Å². The van der Waals surface area contributed by atoms with Crippen molar-refractivity contribution in [3.05, 3.63) is 29.6 Å². The minimum Gasteiger partial charge on any atom is -0.476 e. The highest BCUT2D eigenvalue weighted by Crippen LogP contribution is 2.36. The van der Waals surface area contributed by atoms with E-state index in [4.69, 9.17) is 9.47 Å². The second-order valence-corrected chi connectivity index (χ2v) is 6.30. The van der Waals surface area contributed by atoms with Crippen LogP contribution in [0.15, 0.2) is 18.5 Å².